The highest BCUT2D eigenvalue weighted by atomic mass is 16.6. The third kappa shape index (κ3) is 7.51. The van der Waals surface area contributed by atoms with Gasteiger partial charge in [0.1, 0.15) is 6.29 Å². The van der Waals surface area contributed by atoms with Gasteiger partial charge in [0.2, 0.25) is 0 Å². The zero-order chi connectivity index (χ0) is 13.8. The van der Waals surface area contributed by atoms with E-state index in [9.17, 15) is 14.9 Å². The number of unbranched alkanes of at least 4 members (excludes halogenated alkanes) is 1. The molecular weight excluding hydrogens is 232 g/mol. The summed E-state index contributed by atoms with van der Waals surface area (Å²) < 4.78 is 0. The third-order valence-corrected chi connectivity index (χ3v) is 2.22. The van der Waals surface area contributed by atoms with Gasteiger partial charge < -0.3 is 10.5 Å². The molecule has 100 valence electrons. The maximum absolute atomic E-state index is 10.3. The summed E-state index contributed by atoms with van der Waals surface area (Å²) in [6.07, 6.45) is 4.10. The van der Waals surface area contributed by atoms with E-state index in [0.29, 0.717) is 6.42 Å². The van der Waals surface area contributed by atoms with Gasteiger partial charge in [0.15, 0.2) is 0 Å². The molecule has 1 aromatic rings. The lowest BCUT2D eigenvalue weighted by molar-refractivity contribution is -0.384. The Morgan fingerprint density at radius 2 is 1.89 bits per heavy atom. The van der Waals surface area contributed by atoms with Crippen molar-refractivity contribution in [3.63, 3.8) is 0 Å². The summed E-state index contributed by atoms with van der Waals surface area (Å²) in [5.74, 6) is 0. The first-order chi connectivity index (χ1) is 8.65. The second-order valence-corrected chi connectivity index (χ2v) is 3.77. The number of carbonyl (C=O) groups excluding carboxylic acids is 1. The predicted molar refractivity (Wildman–Crippen MR) is 71.4 cm³/mol. The minimum atomic E-state index is -0.421. The van der Waals surface area contributed by atoms with Crippen molar-refractivity contribution in [2.75, 3.05) is 6.54 Å². The molecule has 0 bridgehead atoms. The number of benzene rings is 1. The number of non-ortho nitro benzene ring substituents is 1. The van der Waals surface area contributed by atoms with Gasteiger partial charge in [0.05, 0.1) is 4.92 Å². The molecular formula is C13H20N2O3. The standard InChI is InChI=1S/C10H11NO3.C3H9N/c12-8-2-1-3-9-4-6-10(7-5-9)11(13)14;1-2-3-4/h4-8H,1-3H2;2-4H2,1H3. The lowest BCUT2D eigenvalue weighted by Crippen LogP contribution is -1.93. The fraction of sp³-hybridized carbons (Fsp3) is 0.462. The molecule has 0 aliphatic rings. The molecule has 1 rings (SSSR count). The van der Waals surface area contributed by atoms with Gasteiger partial charge >= 0.3 is 0 Å². The van der Waals surface area contributed by atoms with E-state index in [0.717, 1.165) is 37.7 Å². The molecule has 0 aliphatic carbocycles. The Bertz CT molecular complexity index is 348. The molecule has 0 spiro atoms. The monoisotopic (exact) mass is 252 g/mol. The largest absolute Gasteiger partial charge is 0.330 e. The second-order valence-electron chi connectivity index (χ2n) is 3.77. The van der Waals surface area contributed by atoms with Crippen LogP contribution < -0.4 is 5.73 Å². The highest BCUT2D eigenvalue weighted by Crippen LogP contribution is 2.13. The summed E-state index contributed by atoms with van der Waals surface area (Å²) in [7, 11) is 0. The van der Waals surface area contributed by atoms with Crippen LogP contribution in [0.5, 0.6) is 0 Å². The molecule has 0 unspecified atom stereocenters. The average Bonchev–Trinajstić information content (AvgIpc) is 2.40. The van der Waals surface area contributed by atoms with Crippen LogP contribution in [0.2, 0.25) is 0 Å². The van der Waals surface area contributed by atoms with Crippen LogP contribution in [0.25, 0.3) is 0 Å². The van der Waals surface area contributed by atoms with Crippen LogP contribution >= 0.6 is 0 Å². The molecule has 0 heterocycles. The molecule has 0 aliphatic heterocycles. The van der Waals surface area contributed by atoms with Crippen LogP contribution in [-0.4, -0.2) is 17.8 Å². The van der Waals surface area contributed by atoms with Crippen molar-refractivity contribution in [3.05, 3.63) is 39.9 Å². The summed E-state index contributed by atoms with van der Waals surface area (Å²) in [6.45, 7) is 2.88. The van der Waals surface area contributed by atoms with Crippen molar-refractivity contribution in [1.29, 1.82) is 0 Å². The SMILES string of the molecule is CCCN.O=CCCCc1ccc([N+](=O)[O-])cc1. The molecule has 0 atom stereocenters. The van der Waals surface area contributed by atoms with E-state index in [4.69, 9.17) is 5.73 Å². The smallest absolute Gasteiger partial charge is 0.269 e. The Hall–Kier alpha value is -1.75. The van der Waals surface area contributed by atoms with Gasteiger partial charge in [0, 0.05) is 18.6 Å². The summed E-state index contributed by atoms with van der Waals surface area (Å²) >= 11 is 0. The van der Waals surface area contributed by atoms with E-state index in [1.54, 1.807) is 12.1 Å². The lowest BCUT2D eigenvalue weighted by atomic mass is 10.1. The van der Waals surface area contributed by atoms with E-state index in [2.05, 4.69) is 6.92 Å². The van der Waals surface area contributed by atoms with Crippen molar-refractivity contribution in [1.82, 2.24) is 0 Å². The molecule has 0 aromatic heterocycles. The van der Waals surface area contributed by atoms with Crippen molar-refractivity contribution in [3.8, 4) is 0 Å². The highest BCUT2D eigenvalue weighted by molar-refractivity contribution is 5.49. The first kappa shape index (κ1) is 16.2. The molecule has 0 radical (unpaired) electrons. The van der Waals surface area contributed by atoms with Gasteiger partial charge in [-0.15, -0.1) is 0 Å². The van der Waals surface area contributed by atoms with E-state index in [-0.39, 0.29) is 5.69 Å². The summed E-state index contributed by atoms with van der Waals surface area (Å²) in [4.78, 5) is 20.0. The minimum absolute atomic E-state index is 0.101. The molecule has 5 heteroatoms. The fourth-order valence-corrected chi connectivity index (χ4v) is 1.17. The molecule has 1 aromatic carbocycles. The number of nitrogens with zero attached hydrogens (tertiary/aromatic N) is 1. The number of rotatable bonds is 6. The van der Waals surface area contributed by atoms with Gasteiger partial charge in [-0.05, 0) is 31.4 Å². The number of aldehydes is 1. The van der Waals surface area contributed by atoms with Crippen LogP contribution in [0.3, 0.4) is 0 Å². The van der Waals surface area contributed by atoms with Crippen LogP contribution in [0.15, 0.2) is 24.3 Å². The van der Waals surface area contributed by atoms with Crippen molar-refractivity contribution < 1.29 is 9.72 Å². The summed E-state index contributed by atoms with van der Waals surface area (Å²) in [6, 6.07) is 6.42. The van der Waals surface area contributed by atoms with Gasteiger partial charge in [0.25, 0.3) is 5.69 Å². The molecule has 0 fully saturated rings. The van der Waals surface area contributed by atoms with E-state index in [1.165, 1.54) is 12.1 Å². The zero-order valence-electron chi connectivity index (χ0n) is 10.7. The number of nitro groups is 1. The van der Waals surface area contributed by atoms with Gasteiger partial charge in [-0.1, -0.05) is 19.1 Å². The Labute approximate surface area is 107 Å². The maximum Gasteiger partial charge on any atom is 0.269 e. The third-order valence-electron chi connectivity index (χ3n) is 2.22. The normalized spacial score (nSPS) is 9.22. The average molecular weight is 252 g/mol. The minimum Gasteiger partial charge on any atom is -0.330 e. The zero-order valence-corrected chi connectivity index (χ0v) is 10.7. The predicted octanol–water partition coefficient (Wildman–Crippen LogP) is 2.47. The topological polar surface area (TPSA) is 86.2 Å². The Balaban J connectivity index is 0.000000631. The molecule has 18 heavy (non-hydrogen) atoms. The quantitative estimate of drug-likeness (QED) is 0.364. The number of hydrogen-bond donors (Lipinski definition) is 1. The fourth-order valence-electron chi connectivity index (χ4n) is 1.17. The first-order valence-electron chi connectivity index (χ1n) is 6.02. The van der Waals surface area contributed by atoms with Crippen LogP contribution in [0.4, 0.5) is 5.69 Å². The Morgan fingerprint density at radius 3 is 2.28 bits per heavy atom. The van der Waals surface area contributed by atoms with E-state index < -0.39 is 4.92 Å². The van der Waals surface area contributed by atoms with E-state index in [1.807, 2.05) is 0 Å². The summed E-state index contributed by atoms with van der Waals surface area (Å²) in [5, 5.41) is 10.3. The molecule has 0 saturated carbocycles. The van der Waals surface area contributed by atoms with Crippen molar-refractivity contribution in [2.24, 2.45) is 5.73 Å². The van der Waals surface area contributed by atoms with Gasteiger partial charge in [-0.2, -0.15) is 0 Å². The molecule has 0 saturated heterocycles. The van der Waals surface area contributed by atoms with Gasteiger partial charge in [-0.3, -0.25) is 10.1 Å². The summed E-state index contributed by atoms with van der Waals surface area (Å²) in [5.41, 5.74) is 6.15. The maximum atomic E-state index is 10.3. The van der Waals surface area contributed by atoms with Crippen LogP contribution in [0.1, 0.15) is 31.7 Å². The number of carbonyl (C=O) groups is 1. The second kappa shape index (κ2) is 10.4. The van der Waals surface area contributed by atoms with Crippen molar-refractivity contribution in [2.45, 2.75) is 32.6 Å². The van der Waals surface area contributed by atoms with Crippen LogP contribution in [0, 0.1) is 10.1 Å². The first-order valence-corrected chi connectivity index (χ1v) is 6.02. The lowest BCUT2D eigenvalue weighted by Gasteiger charge is -1.97. The molecule has 2 N–H and O–H groups in total. The Kier molecular flexibility index (Phi) is 9.40. The number of nitrogens with two attached hydrogens (primary N) is 1. The van der Waals surface area contributed by atoms with Crippen molar-refractivity contribution >= 4 is 12.0 Å². The molecule has 0 amide bonds. The number of aryl methyl sites for hydroxylation is 1. The Morgan fingerprint density at radius 1 is 1.33 bits per heavy atom. The van der Waals surface area contributed by atoms with E-state index >= 15 is 0 Å². The van der Waals surface area contributed by atoms with Crippen LogP contribution in [-0.2, 0) is 11.2 Å². The highest BCUT2D eigenvalue weighted by Gasteiger charge is 2.03. The van der Waals surface area contributed by atoms with Gasteiger partial charge in [-0.25, -0.2) is 0 Å². The number of nitro benzene ring substituents is 1. The molecule has 5 nitrogen and oxygen atoms in total. The number of hydrogen-bond acceptors (Lipinski definition) is 4.